The summed E-state index contributed by atoms with van der Waals surface area (Å²) < 4.78 is 82.0. The van der Waals surface area contributed by atoms with Crippen LogP contribution < -0.4 is 25.1 Å². The molecule has 0 aliphatic heterocycles. The number of rotatable bonds is 20. The number of benzene rings is 3. The second-order valence-electron chi connectivity index (χ2n) is 14.5. The number of nitrogens with zero attached hydrogens (tertiary/aromatic N) is 2. The number of nitrogens with one attached hydrogen (secondary N) is 1. The van der Waals surface area contributed by atoms with E-state index in [1.54, 1.807) is 56.3 Å². The first-order valence-electron chi connectivity index (χ1n) is 18.4. The van der Waals surface area contributed by atoms with Gasteiger partial charge in [0.05, 0.1) is 69.4 Å². The highest BCUT2D eigenvalue weighted by molar-refractivity contribution is 7.85. The number of fused-ring (bicyclic) bond motifs is 2. The number of hydrogen-bond acceptors (Lipinski definition) is 11. The smallest absolute Gasteiger partial charge is 0.345 e. The molecule has 4 aromatic rings. The molecule has 0 aliphatic carbocycles. The highest BCUT2D eigenvalue weighted by Gasteiger charge is 2.27. The number of hydrogen-bond donors (Lipinski definition) is 2. The van der Waals surface area contributed by atoms with Crippen LogP contribution in [0, 0.1) is 13.8 Å². The molecular formula is C39H52N4O10S2. The molecule has 1 atom stereocenters. The van der Waals surface area contributed by atoms with Gasteiger partial charge in [0.2, 0.25) is 11.0 Å². The van der Waals surface area contributed by atoms with Crippen molar-refractivity contribution in [3.8, 4) is 11.5 Å². The van der Waals surface area contributed by atoms with Crippen molar-refractivity contribution in [3.05, 3.63) is 76.9 Å². The summed E-state index contributed by atoms with van der Waals surface area (Å²) >= 11 is 0. The third-order valence-corrected chi connectivity index (χ3v) is 11.0. The summed E-state index contributed by atoms with van der Waals surface area (Å²) in [6, 6.07) is 15.8. The lowest BCUT2D eigenvalue weighted by Gasteiger charge is -2.35. The molecule has 1 aromatic heterocycles. The van der Waals surface area contributed by atoms with Crippen molar-refractivity contribution in [2.24, 2.45) is 5.73 Å². The van der Waals surface area contributed by atoms with Crippen LogP contribution in [-0.4, -0.2) is 99.7 Å². The van der Waals surface area contributed by atoms with Crippen molar-refractivity contribution in [1.82, 2.24) is 5.32 Å². The second kappa shape index (κ2) is 18.6. The van der Waals surface area contributed by atoms with Crippen molar-refractivity contribution in [3.63, 3.8) is 0 Å². The van der Waals surface area contributed by atoms with E-state index in [0.717, 1.165) is 13.0 Å². The number of ether oxygens (including phenoxy) is 2. The Morgan fingerprint density at radius 1 is 0.836 bits per heavy atom. The van der Waals surface area contributed by atoms with Gasteiger partial charge in [-0.3, -0.25) is 4.79 Å². The van der Waals surface area contributed by atoms with E-state index >= 15 is 0 Å². The highest BCUT2D eigenvalue weighted by Crippen LogP contribution is 2.32. The molecule has 300 valence electrons. The molecule has 55 heavy (non-hydrogen) atoms. The third kappa shape index (κ3) is 12.4. The number of amides is 1. The van der Waals surface area contributed by atoms with E-state index in [1.807, 2.05) is 37.6 Å². The number of carbonyl (C=O) groups excluding carboxylic acids is 2. The Kier molecular flexibility index (Phi) is 14.7. The molecule has 3 aromatic carbocycles. The number of quaternary nitrogens is 1. The van der Waals surface area contributed by atoms with Crippen molar-refractivity contribution in [1.29, 1.82) is 0 Å². The van der Waals surface area contributed by atoms with Crippen LogP contribution in [0.3, 0.4) is 0 Å². The van der Waals surface area contributed by atoms with Gasteiger partial charge in [0, 0.05) is 61.4 Å². The molecule has 0 bridgehead atoms. The Hall–Kier alpha value is -4.19. The number of para-hydroxylation sites is 1. The predicted molar refractivity (Wildman–Crippen MR) is 208 cm³/mol. The van der Waals surface area contributed by atoms with Crippen molar-refractivity contribution >= 4 is 53.9 Å². The largest absolute Gasteiger partial charge is 0.748 e. The summed E-state index contributed by atoms with van der Waals surface area (Å²) in [6.07, 6.45) is 1.53. The summed E-state index contributed by atoms with van der Waals surface area (Å²) in [4.78, 5) is 27.5. The topological polar surface area (TPSA) is 209 Å². The molecule has 3 N–H and O–H groups in total. The SMILES string of the molecule is Cc1cc(C(=O)NCCC[N+](C)(CCCN)CCCS(=O)(=O)[O-])cc(C)c1OC(=O)c1c2ccccc2[n+](CCCS(=O)(=O)[O-])c2ccc(OC(C)C)cc12. The van der Waals surface area contributed by atoms with E-state index in [-0.39, 0.29) is 37.0 Å². The molecule has 0 radical (unpaired) electrons. The van der Waals surface area contributed by atoms with Gasteiger partial charge in [-0.25, -0.2) is 21.6 Å². The minimum atomic E-state index is -4.43. The summed E-state index contributed by atoms with van der Waals surface area (Å²) in [7, 11) is -6.73. The maximum atomic E-state index is 14.3. The maximum absolute atomic E-state index is 14.3. The zero-order chi connectivity index (χ0) is 40.6. The minimum Gasteiger partial charge on any atom is -0.748 e. The van der Waals surface area contributed by atoms with E-state index in [1.165, 1.54) is 0 Å². The lowest BCUT2D eigenvalue weighted by atomic mass is 10.0. The van der Waals surface area contributed by atoms with Crippen LogP contribution >= 0.6 is 0 Å². The van der Waals surface area contributed by atoms with Crippen molar-refractivity contribution in [2.45, 2.75) is 66.0 Å². The van der Waals surface area contributed by atoms with Gasteiger partial charge < -0.3 is 34.1 Å². The highest BCUT2D eigenvalue weighted by atomic mass is 32.2. The molecule has 1 heterocycles. The van der Waals surface area contributed by atoms with E-state index in [9.17, 15) is 35.5 Å². The third-order valence-electron chi connectivity index (χ3n) is 9.42. The number of pyridine rings is 1. The van der Waals surface area contributed by atoms with E-state index in [0.29, 0.717) is 87.1 Å². The van der Waals surface area contributed by atoms with Crippen LogP contribution in [0.4, 0.5) is 0 Å². The fraction of sp³-hybridized carbons (Fsp3) is 0.462. The number of esters is 1. The first kappa shape index (κ1) is 43.5. The predicted octanol–water partition coefficient (Wildman–Crippen LogP) is 3.69. The maximum Gasteiger partial charge on any atom is 0.345 e. The summed E-state index contributed by atoms with van der Waals surface area (Å²) in [5, 5.41) is 4.02. The van der Waals surface area contributed by atoms with Crippen LogP contribution in [-0.2, 0) is 26.8 Å². The number of aromatic nitrogens is 1. The second-order valence-corrected chi connectivity index (χ2v) is 17.5. The monoisotopic (exact) mass is 800 g/mol. The van der Waals surface area contributed by atoms with Gasteiger partial charge in [0.15, 0.2) is 6.54 Å². The molecule has 0 saturated carbocycles. The zero-order valence-electron chi connectivity index (χ0n) is 32.1. The van der Waals surface area contributed by atoms with Crippen LogP contribution in [0.1, 0.15) is 71.4 Å². The molecule has 1 unspecified atom stereocenters. The van der Waals surface area contributed by atoms with Gasteiger partial charge in [-0.1, -0.05) is 12.1 Å². The number of nitrogens with two attached hydrogens (primary N) is 1. The van der Waals surface area contributed by atoms with Crippen molar-refractivity contribution in [2.75, 3.05) is 51.3 Å². The molecule has 0 spiro atoms. The van der Waals surface area contributed by atoms with Gasteiger partial charge in [-0.2, -0.15) is 4.57 Å². The van der Waals surface area contributed by atoms with Gasteiger partial charge in [-0.15, -0.1) is 0 Å². The summed E-state index contributed by atoms with van der Waals surface area (Å²) in [5.41, 5.74) is 8.79. The zero-order valence-corrected chi connectivity index (χ0v) is 33.8. The van der Waals surface area contributed by atoms with Gasteiger partial charge in [0.25, 0.3) is 5.91 Å². The van der Waals surface area contributed by atoms with Gasteiger partial charge >= 0.3 is 5.97 Å². The lowest BCUT2D eigenvalue weighted by Crippen LogP contribution is -2.48. The molecule has 1 amide bonds. The molecule has 4 rings (SSSR count). The van der Waals surface area contributed by atoms with Crippen molar-refractivity contribution < 1.29 is 54.1 Å². The standard InChI is InChI=1S/C39H52N4O10S2/c1-27(2)52-31-14-15-35-33(26-31)36(32-12-6-7-13-34(32)42(35)18-10-22-54(46,47)48)39(45)53-37-28(3)24-30(25-29(37)4)38(44)41-17-9-20-43(5,19-8-16-40)21-11-23-55(49,50)51/h6-7,12-15,24-27H,8-11,16-23,40H2,1-5H3,(H-2,41,44,46,47,48,49,50,51). The van der Waals surface area contributed by atoms with Gasteiger partial charge in [0.1, 0.15) is 11.5 Å². The van der Waals surface area contributed by atoms with Crippen LogP contribution in [0.25, 0.3) is 21.8 Å². The van der Waals surface area contributed by atoms with E-state index in [2.05, 4.69) is 5.32 Å². The normalized spacial score (nSPS) is 13.3. The minimum absolute atomic E-state index is 0.0765. The number of carbonyl (C=O) groups is 2. The Labute approximate surface area is 323 Å². The Balaban J connectivity index is 1.57. The van der Waals surface area contributed by atoms with Crippen LogP contribution in [0.5, 0.6) is 11.5 Å². The molecule has 0 aliphatic rings. The molecular weight excluding hydrogens is 749 g/mol. The molecule has 16 heteroatoms. The first-order chi connectivity index (χ1) is 25.8. The van der Waals surface area contributed by atoms with Crippen LogP contribution in [0.2, 0.25) is 0 Å². The summed E-state index contributed by atoms with van der Waals surface area (Å²) in [5.74, 6) is -1.06. The first-order valence-corrected chi connectivity index (χ1v) is 21.5. The lowest BCUT2D eigenvalue weighted by molar-refractivity contribution is -0.909. The van der Waals surface area contributed by atoms with Gasteiger partial charge in [-0.05, 0) is 75.7 Å². The Morgan fingerprint density at radius 2 is 1.44 bits per heavy atom. The van der Waals surface area contributed by atoms with E-state index in [4.69, 9.17) is 15.2 Å². The number of aryl methyl sites for hydroxylation is 3. The average molecular weight is 801 g/mol. The molecule has 0 fully saturated rings. The Morgan fingerprint density at radius 3 is 2.07 bits per heavy atom. The Bertz CT molecular complexity index is 2220. The fourth-order valence-electron chi connectivity index (χ4n) is 6.93. The molecule has 0 saturated heterocycles. The quantitative estimate of drug-likeness (QED) is 0.0251. The van der Waals surface area contributed by atoms with Crippen LogP contribution in [0.15, 0.2) is 54.6 Å². The summed E-state index contributed by atoms with van der Waals surface area (Å²) in [6.45, 7) is 10.2. The van der Waals surface area contributed by atoms with E-state index < -0.39 is 37.7 Å². The fourth-order valence-corrected chi connectivity index (χ4v) is 7.90. The average Bonchev–Trinajstić information content (AvgIpc) is 3.09. The molecule has 14 nitrogen and oxygen atoms in total.